The van der Waals surface area contributed by atoms with Crippen LogP contribution in [0.25, 0.3) is 66.6 Å². The molecule has 0 heteroatoms. The number of hydrogen-bond donors (Lipinski definition) is 0. The Morgan fingerprint density at radius 3 is 1.74 bits per heavy atom. The van der Waals surface area contributed by atoms with Gasteiger partial charge in [-0.3, -0.25) is 0 Å². The molecule has 1 aliphatic rings. The van der Waals surface area contributed by atoms with Crippen LogP contribution in [0.4, 0.5) is 0 Å². The largest absolute Gasteiger partial charge is 0.0622 e. The minimum atomic E-state index is -0.0185. The summed E-state index contributed by atoms with van der Waals surface area (Å²) in [5.74, 6) is 0. The first-order chi connectivity index (χ1) is 24.5. The Labute approximate surface area is 295 Å². The maximum Gasteiger partial charge on any atom is 0.0158 e. The van der Waals surface area contributed by atoms with E-state index in [9.17, 15) is 0 Å². The van der Waals surface area contributed by atoms with Crippen molar-refractivity contribution in [3.8, 4) is 33.4 Å². The molecule has 0 saturated carbocycles. The van der Waals surface area contributed by atoms with Crippen LogP contribution in [-0.4, -0.2) is 0 Å². The third-order valence-electron chi connectivity index (χ3n) is 10.7. The second kappa shape index (κ2) is 11.9. The Balaban J connectivity index is 1.27. The van der Waals surface area contributed by atoms with Crippen LogP contribution in [-0.2, 0) is 5.41 Å². The fraction of sp³-hybridized carbons (Fsp3) is 0.0800. The molecular formula is C50H38. The Morgan fingerprint density at radius 1 is 0.440 bits per heavy atom. The number of fused-ring (bicyclic) bond motifs is 5. The summed E-state index contributed by atoms with van der Waals surface area (Å²) < 4.78 is 0. The molecule has 0 nitrogen and oxygen atoms in total. The Morgan fingerprint density at radius 2 is 1.02 bits per heavy atom. The van der Waals surface area contributed by atoms with Crippen molar-refractivity contribution in [1.29, 1.82) is 0 Å². The van der Waals surface area contributed by atoms with E-state index >= 15 is 0 Å². The fourth-order valence-electron chi connectivity index (χ4n) is 8.31. The van der Waals surface area contributed by atoms with Gasteiger partial charge in [0, 0.05) is 5.41 Å². The van der Waals surface area contributed by atoms with Gasteiger partial charge in [-0.2, -0.15) is 0 Å². The fourth-order valence-corrected chi connectivity index (χ4v) is 8.31. The van der Waals surface area contributed by atoms with E-state index in [1.54, 1.807) is 0 Å². The van der Waals surface area contributed by atoms with Gasteiger partial charge in [0.2, 0.25) is 0 Å². The molecular weight excluding hydrogens is 601 g/mol. The molecule has 0 unspecified atom stereocenters. The summed E-state index contributed by atoms with van der Waals surface area (Å²) in [5.41, 5.74) is 16.6. The van der Waals surface area contributed by atoms with E-state index in [2.05, 4.69) is 197 Å². The van der Waals surface area contributed by atoms with Crippen LogP contribution in [0.2, 0.25) is 0 Å². The number of aryl methyl sites for hydroxylation is 1. The summed E-state index contributed by atoms with van der Waals surface area (Å²) in [5, 5.41) is 5.12. The van der Waals surface area contributed by atoms with E-state index in [-0.39, 0.29) is 5.41 Å². The van der Waals surface area contributed by atoms with Crippen molar-refractivity contribution in [3.63, 3.8) is 0 Å². The smallest absolute Gasteiger partial charge is 0.0158 e. The highest BCUT2D eigenvalue weighted by atomic mass is 14.4. The Hall–Kier alpha value is -5.98. The normalized spacial score (nSPS) is 12.9. The molecule has 0 N–H and O–H groups in total. The average Bonchev–Trinajstić information content (AvgIpc) is 3.39. The van der Waals surface area contributed by atoms with Crippen LogP contribution in [0.15, 0.2) is 170 Å². The molecule has 0 atom stereocenters. The SMILES string of the molecule is Cc1ccc2c(-c3cccc(C=C(c4ccccc4)c4ccccc4)c3)c3ccccc3c(-c3ccc4c(c3)-c3ccccc3C4(C)C)c2c1. The molecule has 0 heterocycles. The summed E-state index contributed by atoms with van der Waals surface area (Å²) in [4.78, 5) is 0. The molecule has 9 rings (SSSR count). The summed E-state index contributed by atoms with van der Waals surface area (Å²) in [7, 11) is 0. The molecule has 0 spiro atoms. The monoisotopic (exact) mass is 638 g/mol. The van der Waals surface area contributed by atoms with Gasteiger partial charge in [-0.15, -0.1) is 0 Å². The Bertz CT molecular complexity index is 2560. The first-order valence-electron chi connectivity index (χ1n) is 17.6. The molecule has 0 bridgehead atoms. The number of benzene rings is 8. The highest BCUT2D eigenvalue weighted by Crippen LogP contribution is 2.51. The number of hydrogen-bond acceptors (Lipinski definition) is 0. The van der Waals surface area contributed by atoms with Gasteiger partial charge in [-0.1, -0.05) is 177 Å². The summed E-state index contributed by atoms with van der Waals surface area (Å²) in [6.45, 7) is 6.91. The van der Waals surface area contributed by atoms with Crippen molar-refractivity contribution >= 4 is 33.2 Å². The summed E-state index contributed by atoms with van der Waals surface area (Å²) in [6.07, 6.45) is 2.33. The second-order valence-corrected chi connectivity index (χ2v) is 14.2. The predicted octanol–water partition coefficient (Wildman–Crippen LogP) is 13.5. The predicted molar refractivity (Wildman–Crippen MR) is 214 cm³/mol. The molecule has 0 amide bonds. The lowest BCUT2D eigenvalue weighted by molar-refractivity contribution is 0.660. The third-order valence-corrected chi connectivity index (χ3v) is 10.7. The van der Waals surface area contributed by atoms with Crippen molar-refractivity contribution < 1.29 is 0 Å². The van der Waals surface area contributed by atoms with Gasteiger partial charge in [-0.25, -0.2) is 0 Å². The molecule has 0 radical (unpaired) electrons. The van der Waals surface area contributed by atoms with Crippen LogP contribution < -0.4 is 0 Å². The van der Waals surface area contributed by atoms with Crippen molar-refractivity contribution in [2.75, 3.05) is 0 Å². The van der Waals surface area contributed by atoms with E-state index in [0.717, 1.165) is 0 Å². The van der Waals surface area contributed by atoms with Gasteiger partial charge >= 0.3 is 0 Å². The summed E-state index contributed by atoms with van der Waals surface area (Å²) in [6, 6.07) is 62.6. The number of rotatable bonds is 5. The minimum absolute atomic E-state index is 0.0185. The molecule has 0 fully saturated rings. The zero-order valence-corrected chi connectivity index (χ0v) is 28.7. The highest BCUT2D eigenvalue weighted by Gasteiger charge is 2.35. The molecule has 0 aromatic heterocycles. The van der Waals surface area contributed by atoms with Crippen molar-refractivity contribution in [3.05, 3.63) is 203 Å². The lowest BCUT2D eigenvalue weighted by Gasteiger charge is -2.22. The van der Waals surface area contributed by atoms with E-state index < -0.39 is 0 Å². The van der Waals surface area contributed by atoms with Gasteiger partial charge < -0.3 is 0 Å². The highest BCUT2D eigenvalue weighted by molar-refractivity contribution is 6.21. The van der Waals surface area contributed by atoms with Crippen LogP contribution >= 0.6 is 0 Å². The average molecular weight is 639 g/mol. The van der Waals surface area contributed by atoms with Gasteiger partial charge in [0.25, 0.3) is 0 Å². The van der Waals surface area contributed by atoms with Crippen molar-refractivity contribution in [1.82, 2.24) is 0 Å². The van der Waals surface area contributed by atoms with Crippen LogP contribution in [0.1, 0.15) is 47.2 Å². The van der Waals surface area contributed by atoms with Crippen molar-refractivity contribution in [2.24, 2.45) is 0 Å². The molecule has 1 aliphatic carbocycles. The molecule has 0 saturated heterocycles. The standard InChI is InChI=1S/C50H38/c1-33-25-27-42-45(29-33)49(38-26-28-47-44(32-38)39-21-12-13-24-46(39)50(47,2)3)41-23-11-10-22-40(41)48(42)37-20-14-15-34(30-37)31-43(35-16-6-4-7-17-35)36-18-8-5-9-19-36/h4-32H,1-3H3. The van der Waals surface area contributed by atoms with Crippen LogP contribution in [0.3, 0.4) is 0 Å². The van der Waals surface area contributed by atoms with E-state index in [1.807, 2.05) is 0 Å². The first kappa shape index (κ1) is 30.1. The van der Waals surface area contributed by atoms with Crippen molar-refractivity contribution in [2.45, 2.75) is 26.2 Å². The first-order valence-corrected chi connectivity index (χ1v) is 17.6. The third kappa shape index (κ3) is 4.91. The van der Waals surface area contributed by atoms with Gasteiger partial charge in [0.15, 0.2) is 0 Å². The molecule has 8 aromatic carbocycles. The van der Waals surface area contributed by atoms with E-state index in [0.29, 0.717) is 0 Å². The molecule has 50 heavy (non-hydrogen) atoms. The van der Waals surface area contributed by atoms with Crippen LogP contribution in [0, 0.1) is 6.92 Å². The lowest BCUT2D eigenvalue weighted by Crippen LogP contribution is -2.14. The molecule has 238 valence electrons. The molecule has 0 aliphatic heterocycles. The quantitative estimate of drug-likeness (QED) is 0.130. The zero-order chi connectivity index (χ0) is 33.8. The summed E-state index contributed by atoms with van der Waals surface area (Å²) >= 11 is 0. The van der Waals surface area contributed by atoms with Crippen LogP contribution in [0.5, 0.6) is 0 Å². The minimum Gasteiger partial charge on any atom is -0.0622 e. The second-order valence-electron chi connectivity index (χ2n) is 14.2. The topological polar surface area (TPSA) is 0 Å². The molecule has 8 aromatic rings. The zero-order valence-electron chi connectivity index (χ0n) is 28.7. The Kier molecular flexibility index (Phi) is 7.14. The lowest BCUT2D eigenvalue weighted by atomic mass is 9.81. The van der Waals surface area contributed by atoms with E-state index in [1.165, 1.54) is 93.9 Å². The van der Waals surface area contributed by atoms with Gasteiger partial charge in [-0.05, 0) is 113 Å². The maximum absolute atomic E-state index is 2.45. The van der Waals surface area contributed by atoms with Gasteiger partial charge in [0.1, 0.15) is 0 Å². The maximum atomic E-state index is 2.45. The van der Waals surface area contributed by atoms with Gasteiger partial charge in [0.05, 0.1) is 0 Å². The van der Waals surface area contributed by atoms with E-state index in [4.69, 9.17) is 0 Å².